The van der Waals surface area contributed by atoms with Crippen LogP contribution in [0.5, 0.6) is 11.5 Å². The predicted molar refractivity (Wildman–Crippen MR) is 73.1 cm³/mol. The van der Waals surface area contributed by atoms with E-state index in [1.54, 1.807) is 6.07 Å². The van der Waals surface area contributed by atoms with Crippen molar-refractivity contribution in [2.24, 2.45) is 10.9 Å². The predicted octanol–water partition coefficient (Wildman–Crippen LogP) is 3.61. The summed E-state index contributed by atoms with van der Waals surface area (Å²) in [6, 6.07) is 7.50. The maximum Gasteiger partial charge on any atom is 0.173 e. The van der Waals surface area contributed by atoms with Crippen LogP contribution in [-0.4, -0.2) is 11.0 Å². The lowest BCUT2D eigenvalue weighted by atomic mass is 10.2. The van der Waals surface area contributed by atoms with E-state index in [4.69, 9.17) is 15.7 Å². The van der Waals surface area contributed by atoms with Crippen molar-refractivity contribution in [1.82, 2.24) is 0 Å². The SMILES string of the molecule is N/C(=N/O)c1ccc(Br)cc1Oc1cc(F)ccc1F. The lowest BCUT2D eigenvalue weighted by Gasteiger charge is -2.11. The van der Waals surface area contributed by atoms with Crippen LogP contribution in [0.2, 0.25) is 0 Å². The van der Waals surface area contributed by atoms with Gasteiger partial charge < -0.3 is 15.7 Å². The van der Waals surface area contributed by atoms with Crippen molar-refractivity contribution < 1.29 is 18.7 Å². The largest absolute Gasteiger partial charge is 0.453 e. The summed E-state index contributed by atoms with van der Waals surface area (Å²) in [5, 5.41) is 11.6. The Bertz CT molecular complexity index is 677. The van der Waals surface area contributed by atoms with E-state index in [0.29, 0.717) is 4.47 Å². The molecule has 0 amide bonds. The Hall–Kier alpha value is -2.15. The number of rotatable bonds is 3. The van der Waals surface area contributed by atoms with E-state index in [1.165, 1.54) is 12.1 Å². The molecule has 0 bridgehead atoms. The minimum atomic E-state index is -0.725. The summed E-state index contributed by atoms with van der Waals surface area (Å²) in [4.78, 5) is 0. The fourth-order valence-corrected chi connectivity index (χ4v) is 1.86. The first-order chi connectivity index (χ1) is 9.51. The quantitative estimate of drug-likeness (QED) is 0.387. The first-order valence-electron chi connectivity index (χ1n) is 5.41. The Morgan fingerprint density at radius 3 is 2.60 bits per heavy atom. The van der Waals surface area contributed by atoms with Gasteiger partial charge in [-0.2, -0.15) is 0 Å². The number of hydrogen-bond acceptors (Lipinski definition) is 3. The van der Waals surface area contributed by atoms with Crippen LogP contribution in [0, 0.1) is 11.6 Å². The Kier molecular flexibility index (Phi) is 4.19. The van der Waals surface area contributed by atoms with Crippen LogP contribution in [0.15, 0.2) is 46.0 Å². The molecule has 2 aromatic carbocycles. The van der Waals surface area contributed by atoms with Crippen LogP contribution in [0.3, 0.4) is 0 Å². The van der Waals surface area contributed by atoms with Gasteiger partial charge in [-0.1, -0.05) is 21.1 Å². The lowest BCUT2D eigenvalue weighted by molar-refractivity contribution is 0.318. The third-order valence-corrected chi connectivity index (χ3v) is 2.93. The summed E-state index contributed by atoms with van der Waals surface area (Å²) in [5.41, 5.74) is 5.75. The maximum absolute atomic E-state index is 13.6. The molecule has 0 aromatic heterocycles. The third kappa shape index (κ3) is 3.05. The average molecular weight is 343 g/mol. The summed E-state index contributed by atoms with van der Waals surface area (Å²) in [7, 11) is 0. The van der Waals surface area contributed by atoms with Crippen molar-refractivity contribution in [3.63, 3.8) is 0 Å². The van der Waals surface area contributed by atoms with Crippen LogP contribution in [0.4, 0.5) is 8.78 Å². The molecule has 0 aliphatic carbocycles. The molecule has 0 unspecified atom stereocenters. The van der Waals surface area contributed by atoms with Crippen LogP contribution in [0.1, 0.15) is 5.56 Å². The zero-order valence-electron chi connectivity index (χ0n) is 9.98. The summed E-state index contributed by atoms with van der Waals surface area (Å²) >= 11 is 3.22. The number of nitrogens with zero attached hydrogens (tertiary/aromatic N) is 1. The van der Waals surface area contributed by atoms with Gasteiger partial charge in [-0.05, 0) is 30.3 Å². The number of amidine groups is 1. The second-order valence-electron chi connectivity index (χ2n) is 3.80. The molecule has 0 saturated carbocycles. The fraction of sp³-hybridized carbons (Fsp3) is 0. The van der Waals surface area contributed by atoms with Crippen molar-refractivity contribution in [2.75, 3.05) is 0 Å². The molecule has 20 heavy (non-hydrogen) atoms. The maximum atomic E-state index is 13.6. The molecule has 104 valence electrons. The summed E-state index contributed by atoms with van der Waals surface area (Å²) < 4.78 is 32.6. The Morgan fingerprint density at radius 1 is 1.15 bits per heavy atom. The van der Waals surface area contributed by atoms with E-state index in [9.17, 15) is 8.78 Å². The van der Waals surface area contributed by atoms with E-state index in [1.807, 2.05) is 0 Å². The molecule has 0 aliphatic heterocycles. The first-order valence-corrected chi connectivity index (χ1v) is 6.21. The van der Waals surface area contributed by atoms with Gasteiger partial charge in [-0.3, -0.25) is 0 Å². The lowest BCUT2D eigenvalue weighted by Crippen LogP contribution is -2.14. The number of halogens is 3. The minimum Gasteiger partial charge on any atom is -0.453 e. The van der Waals surface area contributed by atoms with E-state index in [2.05, 4.69) is 21.1 Å². The van der Waals surface area contributed by atoms with Crippen molar-refractivity contribution in [3.05, 3.63) is 58.1 Å². The van der Waals surface area contributed by atoms with E-state index in [0.717, 1.165) is 18.2 Å². The second-order valence-corrected chi connectivity index (χ2v) is 4.72. The van der Waals surface area contributed by atoms with Gasteiger partial charge in [0, 0.05) is 10.5 Å². The average Bonchev–Trinajstić information content (AvgIpc) is 2.42. The Labute approximate surface area is 121 Å². The van der Waals surface area contributed by atoms with Gasteiger partial charge in [0.05, 0.1) is 5.56 Å². The molecule has 7 heteroatoms. The second kappa shape index (κ2) is 5.87. The zero-order chi connectivity index (χ0) is 14.7. The van der Waals surface area contributed by atoms with Gasteiger partial charge in [0.2, 0.25) is 0 Å². The molecule has 0 aliphatic rings. The van der Waals surface area contributed by atoms with E-state index in [-0.39, 0.29) is 22.9 Å². The van der Waals surface area contributed by atoms with Gasteiger partial charge in [-0.15, -0.1) is 0 Å². The highest BCUT2D eigenvalue weighted by Gasteiger charge is 2.13. The standard InChI is InChI=1S/C13H9BrF2N2O2/c14-7-1-3-9(13(17)18-19)11(5-7)20-12-6-8(15)2-4-10(12)16/h1-6,19H,(H2,17,18). The molecule has 0 fully saturated rings. The van der Waals surface area contributed by atoms with Gasteiger partial charge >= 0.3 is 0 Å². The number of ether oxygens (including phenoxy) is 1. The van der Waals surface area contributed by atoms with Gasteiger partial charge in [0.1, 0.15) is 11.6 Å². The van der Waals surface area contributed by atoms with Crippen molar-refractivity contribution in [3.8, 4) is 11.5 Å². The van der Waals surface area contributed by atoms with Crippen LogP contribution < -0.4 is 10.5 Å². The summed E-state index contributed by atoms with van der Waals surface area (Å²) in [5.74, 6) is -1.74. The third-order valence-electron chi connectivity index (χ3n) is 2.44. The fourth-order valence-electron chi connectivity index (χ4n) is 1.52. The van der Waals surface area contributed by atoms with Gasteiger partial charge in [0.25, 0.3) is 0 Å². The Morgan fingerprint density at radius 2 is 1.90 bits per heavy atom. The normalized spacial score (nSPS) is 11.4. The molecule has 0 atom stereocenters. The number of hydrogen-bond donors (Lipinski definition) is 2. The molecule has 0 spiro atoms. The molecule has 2 aromatic rings. The first kappa shape index (κ1) is 14.3. The minimum absolute atomic E-state index is 0.124. The highest BCUT2D eigenvalue weighted by atomic mass is 79.9. The molecule has 0 saturated heterocycles. The topological polar surface area (TPSA) is 67.8 Å². The molecule has 0 radical (unpaired) electrons. The molecule has 0 heterocycles. The smallest absolute Gasteiger partial charge is 0.173 e. The van der Waals surface area contributed by atoms with Crippen molar-refractivity contribution in [2.45, 2.75) is 0 Å². The van der Waals surface area contributed by atoms with Crippen molar-refractivity contribution >= 4 is 21.8 Å². The van der Waals surface area contributed by atoms with Gasteiger partial charge in [0.15, 0.2) is 17.4 Å². The summed E-state index contributed by atoms with van der Waals surface area (Å²) in [6.07, 6.45) is 0. The number of benzene rings is 2. The molecular weight excluding hydrogens is 334 g/mol. The van der Waals surface area contributed by atoms with E-state index < -0.39 is 11.6 Å². The number of oxime groups is 1. The zero-order valence-corrected chi connectivity index (χ0v) is 11.6. The van der Waals surface area contributed by atoms with Crippen LogP contribution in [0.25, 0.3) is 0 Å². The molecule has 4 nitrogen and oxygen atoms in total. The van der Waals surface area contributed by atoms with Crippen LogP contribution >= 0.6 is 15.9 Å². The molecule has 3 N–H and O–H groups in total. The molecule has 2 rings (SSSR count). The summed E-state index contributed by atoms with van der Waals surface area (Å²) in [6.45, 7) is 0. The highest BCUT2D eigenvalue weighted by Crippen LogP contribution is 2.30. The van der Waals surface area contributed by atoms with Crippen molar-refractivity contribution in [1.29, 1.82) is 0 Å². The number of nitrogens with two attached hydrogens (primary N) is 1. The Balaban J connectivity index is 2.47. The molecular formula is C13H9BrF2N2O2. The van der Waals surface area contributed by atoms with Crippen LogP contribution in [-0.2, 0) is 0 Å². The monoisotopic (exact) mass is 342 g/mol. The van der Waals surface area contributed by atoms with E-state index >= 15 is 0 Å². The highest BCUT2D eigenvalue weighted by molar-refractivity contribution is 9.10. The van der Waals surface area contributed by atoms with Gasteiger partial charge in [-0.25, -0.2) is 8.78 Å².